The number of carbonyl (C=O) groups is 2. The predicted molar refractivity (Wildman–Crippen MR) is 67.0 cm³/mol. The van der Waals surface area contributed by atoms with Gasteiger partial charge in [-0.1, -0.05) is 0 Å². The van der Waals surface area contributed by atoms with E-state index in [0.29, 0.717) is 5.56 Å². The maximum atomic E-state index is 11.6. The van der Waals surface area contributed by atoms with Crippen molar-refractivity contribution in [3.05, 3.63) is 24.5 Å². The van der Waals surface area contributed by atoms with Crippen molar-refractivity contribution >= 4 is 17.7 Å². The van der Waals surface area contributed by atoms with Crippen molar-refractivity contribution in [2.45, 2.75) is 12.8 Å². The summed E-state index contributed by atoms with van der Waals surface area (Å²) in [6.07, 6.45) is 3.09. The molecule has 1 fully saturated rings. The van der Waals surface area contributed by atoms with Crippen molar-refractivity contribution < 1.29 is 24.2 Å². The number of amides is 2. The van der Waals surface area contributed by atoms with E-state index in [1.54, 1.807) is 12.1 Å². The lowest BCUT2D eigenvalue weighted by Crippen LogP contribution is -2.28. The molecular formula is C13H10N2O5. The summed E-state index contributed by atoms with van der Waals surface area (Å²) in [5.74, 6) is -2.45. The molecule has 1 saturated heterocycles. The SMILES string of the molecule is O=C1CCC(=O)N1c1oc(-c2ccncc2)c(O)c1O. The lowest BCUT2D eigenvalue weighted by Gasteiger charge is -2.09. The lowest BCUT2D eigenvalue weighted by atomic mass is 10.2. The number of aromatic hydroxyl groups is 2. The number of imide groups is 1. The van der Waals surface area contributed by atoms with Gasteiger partial charge in [0.2, 0.25) is 23.3 Å². The van der Waals surface area contributed by atoms with Crippen LogP contribution in [0.1, 0.15) is 12.8 Å². The third-order valence-corrected chi connectivity index (χ3v) is 3.04. The molecule has 0 radical (unpaired) electrons. The van der Waals surface area contributed by atoms with Crippen LogP contribution in [0.4, 0.5) is 5.88 Å². The Bertz CT molecular complexity index is 676. The Morgan fingerprint density at radius 3 is 2.25 bits per heavy atom. The first kappa shape index (κ1) is 12.2. The average Bonchev–Trinajstić information content (AvgIpc) is 2.93. The monoisotopic (exact) mass is 274 g/mol. The van der Waals surface area contributed by atoms with Crippen LogP contribution in [0.25, 0.3) is 11.3 Å². The van der Waals surface area contributed by atoms with Crippen LogP contribution in [0.3, 0.4) is 0 Å². The second-order valence-electron chi connectivity index (χ2n) is 4.29. The third-order valence-electron chi connectivity index (χ3n) is 3.04. The number of furan rings is 1. The second-order valence-corrected chi connectivity index (χ2v) is 4.29. The van der Waals surface area contributed by atoms with Crippen LogP contribution in [-0.2, 0) is 9.59 Å². The van der Waals surface area contributed by atoms with Crippen molar-refractivity contribution in [1.82, 2.24) is 4.98 Å². The minimum Gasteiger partial charge on any atom is -0.502 e. The third kappa shape index (κ3) is 1.71. The first-order valence-corrected chi connectivity index (χ1v) is 5.90. The average molecular weight is 274 g/mol. The Hall–Kier alpha value is -2.83. The molecule has 1 aliphatic rings. The van der Waals surface area contributed by atoms with Crippen LogP contribution in [0.2, 0.25) is 0 Å². The summed E-state index contributed by atoms with van der Waals surface area (Å²) in [5.41, 5.74) is 0.471. The number of rotatable bonds is 2. The molecule has 2 amide bonds. The number of pyridine rings is 1. The largest absolute Gasteiger partial charge is 0.502 e. The van der Waals surface area contributed by atoms with Crippen LogP contribution in [0, 0.1) is 0 Å². The van der Waals surface area contributed by atoms with Gasteiger partial charge in [-0.25, -0.2) is 4.90 Å². The molecule has 3 rings (SSSR count). The highest BCUT2D eigenvalue weighted by atomic mass is 16.4. The Morgan fingerprint density at radius 1 is 1.05 bits per heavy atom. The molecule has 7 heteroatoms. The minimum absolute atomic E-state index is 0.0209. The van der Waals surface area contributed by atoms with Gasteiger partial charge in [0, 0.05) is 30.8 Å². The highest BCUT2D eigenvalue weighted by molar-refractivity contribution is 6.20. The normalized spacial score (nSPS) is 15.1. The van der Waals surface area contributed by atoms with Crippen molar-refractivity contribution in [2.75, 3.05) is 4.90 Å². The number of carbonyl (C=O) groups excluding carboxylic acids is 2. The van der Waals surface area contributed by atoms with Crippen molar-refractivity contribution in [3.63, 3.8) is 0 Å². The standard InChI is InChI=1S/C13H10N2O5/c16-8-1-2-9(17)15(8)13-11(19)10(18)12(20-13)7-3-5-14-6-4-7/h3-6,18-19H,1-2H2. The Morgan fingerprint density at radius 2 is 1.65 bits per heavy atom. The van der Waals surface area contributed by atoms with Crippen LogP contribution in [0.15, 0.2) is 28.9 Å². The van der Waals surface area contributed by atoms with Crippen molar-refractivity contribution in [2.24, 2.45) is 0 Å². The van der Waals surface area contributed by atoms with Gasteiger partial charge in [-0.15, -0.1) is 0 Å². The molecule has 0 saturated carbocycles. The quantitative estimate of drug-likeness (QED) is 0.802. The van der Waals surface area contributed by atoms with Gasteiger partial charge < -0.3 is 14.6 Å². The van der Waals surface area contributed by atoms with E-state index < -0.39 is 23.3 Å². The first-order chi connectivity index (χ1) is 9.59. The molecule has 102 valence electrons. The van der Waals surface area contributed by atoms with E-state index in [2.05, 4.69) is 4.98 Å². The fraction of sp³-hybridized carbons (Fsp3) is 0.154. The maximum Gasteiger partial charge on any atom is 0.256 e. The molecule has 2 aromatic heterocycles. The molecule has 0 atom stereocenters. The van der Waals surface area contributed by atoms with Gasteiger partial charge in [-0.05, 0) is 12.1 Å². The molecule has 7 nitrogen and oxygen atoms in total. The summed E-state index contributed by atoms with van der Waals surface area (Å²) in [7, 11) is 0. The molecular weight excluding hydrogens is 264 g/mol. The molecule has 0 spiro atoms. The highest BCUT2D eigenvalue weighted by Gasteiger charge is 2.37. The van der Waals surface area contributed by atoms with E-state index in [1.165, 1.54) is 12.4 Å². The highest BCUT2D eigenvalue weighted by Crippen LogP contribution is 2.47. The zero-order valence-electron chi connectivity index (χ0n) is 10.2. The Balaban J connectivity index is 2.11. The number of hydrogen-bond donors (Lipinski definition) is 2. The van der Waals surface area contributed by atoms with E-state index in [0.717, 1.165) is 4.90 Å². The second kappa shape index (κ2) is 4.37. The fourth-order valence-corrected chi connectivity index (χ4v) is 2.06. The molecule has 3 heterocycles. The molecule has 0 unspecified atom stereocenters. The maximum absolute atomic E-state index is 11.6. The molecule has 0 aromatic carbocycles. The van der Waals surface area contributed by atoms with Crippen LogP contribution >= 0.6 is 0 Å². The summed E-state index contributed by atoms with van der Waals surface area (Å²) in [6.45, 7) is 0. The smallest absolute Gasteiger partial charge is 0.256 e. The van der Waals surface area contributed by atoms with Gasteiger partial charge in [0.15, 0.2) is 5.76 Å². The summed E-state index contributed by atoms with van der Waals surface area (Å²) in [5, 5.41) is 19.8. The van der Waals surface area contributed by atoms with Crippen molar-refractivity contribution in [3.8, 4) is 22.8 Å². The minimum atomic E-state index is -0.625. The molecule has 2 aromatic rings. The summed E-state index contributed by atoms with van der Waals surface area (Å²) in [4.78, 5) is 27.9. The van der Waals surface area contributed by atoms with E-state index in [-0.39, 0.29) is 24.5 Å². The number of anilines is 1. The number of nitrogens with zero attached hydrogens (tertiary/aromatic N) is 2. The molecule has 0 aliphatic carbocycles. The lowest BCUT2D eigenvalue weighted by molar-refractivity contribution is -0.121. The van der Waals surface area contributed by atoms with Crippen LogP contribution < -0.4 is 4.90 Å². The topological polar surface area (TPSA) is 104 Å². The zero-order valence-corrected chi connectivity index (χ0v) is 10.2. The Labute approximate surface area is 113 Å². The molecule has 2 N–H and O–H groups in total. The number of hydrogen-bond acceptors (Lipinski definition) is 6. The van der Waals surface area contributed by atoms with Gasteiger partial charge >= 0.3 is 0 Å². The van der Waals surface area contributed by atoms with Crippen LogP contribution in [-0.4, -0.2) is 27.0 Å². The van der Waals surface area contributed by atoms with Gasteiger partial charge in [0.1, 0.15) is 0 Å². The molecule has 20 heavy (non-hydrogen) atoms. The van der Waals surface area contributed by atoms with E-state index in [9.17, 15) is 19.8 Å². The zero-order chi connectivity index (χ0) is 14.3. The summed E-state index contributed by atoms with van der Waals surface area (Å²) in [6, 6.07) is 3.13. The van der Waals surface area contributed by atoms with Gasteiger partial charge in [-0.3, -0.25) is 14.6 Å². The summed E-state index contributed by atoms with van der Waals surface area (Å²) < 4.78 is 5.31. The summed E-state index contributed by atoms with van der Waals surface area (Å²) >= 11 is 0. The first-order valence-electron chi connectivity index (χ1n) is 5.90. The van der Waals surface area contributed by atoms with Crippen molar-refractivity contribution in [1.29, 1.82) is 0 Å². The van der Waals surface area contributed by atoms with E-state index in [1.807, 2.05) is 0 Å². The molecule has 0 bridgehead atoms. The van der Waals surface area contributed by atoms with E-state index >= 15 is 0 Å². The predicted octanol–water partition coefficient (Wildman–Crippen LogP) is 1.41. The van der Waals surface area contributed by atoms with Crippen LogP contribution in [0.5, 0.6) is 11.5 Å². The van der Waals surface area contributed by atoms with E-state index in [4.69, 9.17) is 4.42 Å². The van der Waals surface area contributed by atoms with Gasteiger partial charge in [0.25, 0.3) is 5.88 Å². The van der Waals surface area contributed by atoms with Gasteiger partial charge in [0.05, 0.1) is 0 Å². The fourth-order valence-electron chi connectivity index (χ4n) is 2.06. The van der Waals surface area contributed by atoms with Gasteiger partial charge in [-0.2, -0.15) is 0 Å². The Kier molecular flexibility index (Phi) is 2.67. The number of aromatic nitrogens is 1. The molecule has 1 aliphatic heterocycles.